The summed E-state index contributed by atoms with van der Waals surface area (Å²) >= 11 is 5.88. The highest BCUT2D eigenvalue weighted by molar-refractivity contribution is 6.32. The van der Waals surface area contributed by atoms with Gasteiger partial charge in [-0.2, -0.15) is 0 Å². The van der Waals surface area contributed by atoms with Gasteiger partial charge < -0.3 is 9.84 Å². The molecule has 90 valence electrons. The van der Waals surface area contributed by atoms with Gasteiger partial charge in [0.05, 0.1) is 5.02 Å². The molecule has 0 amide bonds. The predicted octanol–water partition coefficient (Wildman–Crippen LogP) is 2.56. The van der Waals surface area contributed by atoms with Gasteiger partial charge in [0.1, 0.15) is 18.6 Å². The number of halogens is 1. The SMILES string of the molecule is CC(=CC(=O)O)COc1ccc(C=O)cc1Cl. The number of ether oxygens (including phenoxy) is 1. The predicted molar refractivity (Wildman–Crippen MR) is 63.7 cm³/mol. The summed E-state index contributed by atoms with van der Waals surface area (Å²) < 4.78 is 5.32. The third-order valence-corrected chi connectivity index (χ3v) is 2.21. The number of hydrogen-bond donors (Lipinski definition) is 1. The zero-order valence-electron chi connectivity index (χ0n) is 9.14. The minimum absolute atomic E-state index is 0.131. The van der Waals surface area contributed by atoms with Crippen LogP contribution in [0.15, 0.2) is 29.8 Å². The van der Waals surface area contributed by atoms with E-state index in [-0.39, 0.29) is 6.61 Å². The van der Waals surface area contributed by atoms with Crippen molar-refractivity contribution in [2.75, 3.05) is 6.61 Å². The maximum Gasteiger partial charge on any atom is 0.328 e. The van der Waals surface area contributed by atoms with E-state index in [9.17, 15) is 9.59 Å². The minimum Gasteiger partial charge on any atom is -0.488 e. The van der Waals surface area contributed by atoms with E-state index in [2.05, 4.69) is 0 Å². The molecule has 0 aromatic heterocycles. The number of benzene rings is 1. The third kappa shape index (κ3) is 4.28. The fourth-order valence-corrected chi connectivity index (χ4v) is 1.40. The van der Waals surface area contributed by atoms with Gasteiger partial charge >= 0.3 is 5.97 Å². The van der Waals surface area contributed by atoms with Gasteiger partial charge in [0.25, 0.3) is 0 Å². The summed E-state index contributed by atoms with van der Waals surface area (Å²) in [5, 5.41) is 8.82. The lowest BCUT2D eigenvalue weighted by molar-refractivity contribution is -0.131. The van der Waals surface area contributed by atoms with Crippen molar-refractivity contribution in [2.45, 2.75) is 6.92 Å². The second-order valence-electron chi connectivity index (χ2n) is 3.43. The molecule has 0 saturated heterocycles. The fourth-order valence-electron chi connectivity index (χ4n) is 1.15. The first-order valence-corrected chi connectivity index (χ1v) is 5.18. The highest BCUT2D eigenvalue weighted by Gasteiger charge is 2.03. The number of hydrogen-bond acceptors (Lipinski definition) is 3. The fraction of sp³-hybridized carbons (Fsp3) is 0.167. The van der Waals surface area contributed by atoms with E-state index in [1.165, 1.54) is 6.07 Å². The molecule has 0 bridgehead atoms. The molecule has 0 aliphatic heterocycles. The van der Waals surface area contributed by atoms with Gasteiger partial charge in [0, 0.05) is 11.6 Å². The molecule has 0 heterocycles. The molecular weight excluding hydrogens is 244 g/mol. The Bertz CT molecular complexity index is 466. The molecular formula is C12H11ClO4. The largest absolute Gasteiger partial charge is 0.488 e. The summed E-state index contributed by atoms with van der Waals surface area (Å²) in [6.45, 7) is 1.77. The molecule has 0 aliphatic rings. The maximum absolute atomic E-state index is 10.5. The van der Waals surface area contributed by atoms with Crippen molar-refractivity contribution in [3.8, 4) is 5.75 Å². The Morgan fingerprint density at radius 2 is 2.24 bits per heavy atom. The summed E-state index contributed by atoms with van der Waals surface area (Å²) in [7, 11) is 0. The first-order chi connectivity index (χ1) is 8.02. The smallest absolute Gasteiger partial charge is 0.328 e. The van der Waals surface area contributed by atoms with E-state index in [1.54, 1.807) is 19.1 Å². The maximum atomic E-state index is 10.5. The van der Waals surface area contributed by atoms with E-state index in [0.29, 0.717) is 28.2 Å². The van der Waals surface area contributed by atoms with Gasteiger partial charge in [-0.3, -0.25) is 4.79 Å². The molecule has 17 heavy (non-hydrogen) atoms. The van der Waals surface area contributed by atoms with Crippen molar-refractivity contribution in [1.29, 1.82) is 0 Å². The number of carbonyl (C=O) groups is 2. The highest BCUT2D eigenvalue weighted by Crippen LogP contribution is 2.25. The van der Waals surface area contributed by atoms with E-state index in [1.807, 2.05) is 0 Å². The molecule has 0 aliphatic carbocycles. The van der Waals surface area contributed by atoms with Crippen molar-refractivity contribution in [1.82, 2.24) is 0 Å². The first kappa shape index (κ1) is 13.3. The van der Waals surface area contributed by atoms with Crippen LogP contribution in [-0.2, 0) is 4.79 Å². The summed E-state index contributed by atoms with van der Waals surface area (Å²) in [5.41, 5.74) is 1.02. The van der Waals surface area contributed by atoms with Crippen molar-refractivity contribution in [3.05, 3.63) is 40.4 Å². The topological polar surface area (TPSA) is 63.6 Å². The van der Waals surface area contributed by atoms with Crippen LogP contribution >= 0.6 is 11.6 Å². The van der Waals surface area contributed by atoms with Crippen LogP contribution in [0, 0.1) is 0 Å². The quantitative estimate of drug-likeness (QED) is 0.648. The number of carbonyl (C=O) groups excluding carboxylic acids is 1. The highest BCUT2D eigenvalue weighted by atomic mass is 35.5. The van der Waals surface area contributed by atoms with E-state index in [0.717, 1.165) is 6.08 Å². The molecule has 0 saturated carbocycles. The van der Waals surface area contributed by atoms with Crippen LogP contribution in [0.25, 0.3) is 0 Å². The van der Waals surface area contributed by atoms with Crippen LogP contribution < -0.4 is 4.74 Å². The molecule has 0 spiro atoms. The third-order valence-electron chi connectivity index (χ3n) is 1.92. The Balaban J connectivity index is 2.70. The minimum atomic E-state index is -1.02. The van der Waals surface area contributed by atoms with Gasteiger partial charge in [-0.1, -0.05) is 11.6 Å². The van der Waals surface area contributed by atoms with E-state index >= 15 is 0 Å². The van der Waals surface area contributed by atoms with Gasteiger partial charge in [-0.15, -0.1) is 0 Å². The summed E-state index contributed by atoms with van der Waals surface area (Å²) in [6, 6.07) is 4.63. The molecule has 1 rings (SSSR count). The number of carboxylic acid groups (broad SMARTS) is 1. The monoisotopic (exact) mass is 254 g/mol. The molecule has 4 nitrogen and oxygen atoms in total. The molecule has 0 radical (unpaired) electrons. The van der Waals surface area contributed by atoms with Gasteiger partial charge in [-0.05, 0) is 30.7 Å². The van der Waals surface area contributed by atoms with Crippen LogP contribution in [0.2, 0.25) is 5.02 Å². The lowest BCUT2D eigenvalue weighted by atomic mass is 10.2. The van der Waals surface area contributed by atoms with Crippen molar-refractivity contribution in [2.24, 2.45) is 0 Å². The Morgan fingerprint density at radius 1 is 1.53 bits per heavy atom. The summed E-state index contributed by atoms with van der Waals surface area (Å²) in [5.74, 6) is -0.607. The number of carboxylic acids is 1. The lowest BCUT2D eigenvalue weighted by Crippen LogP contribution is -2.02. The Labute approximate surface area is 103 Å². The van der Waals surface area contributed by atoms with Crippen LogP contribution in [0.1, 0.15) is 17.3 Å². The number of aliphatic carboxylic acids is 1. The Morgan fingerprint density at radius 3 is 2.76 bits per heavy atom. The zero-order valence-corrected chi connectivity index (χ0v) is 9.90. The molecule has 0 unspecified atom stereocenters. The van der Waals surface area contributed by atoms with Crippen molar-refractivity contribution < 1.29 is 19.4 Å². The lowest BCUT2D eigenvalue weighted by Gasteiger charge is -2.08. The van der Waals surface area contributed by atoms with E-state index in [4.69, 9.17) is 21.4 Å². The van der Waals surface area contributed by atoms with Crippen LogP contribution in [0.3, 0.4) is 0 Å². The van der Waals surface area contributed by atoms with Crippen LogP contribution in [-0.4, -0.2) is 24.0 Å². The average Bonchev–Trinajstić information content (AvgIpc) is 2.26. The first-order valence-electron chi connectivity index (χ1n) is 4.80. The van der Waals surface area contributed by atoms with Crippen molar-refractivity contribution in [3.63, 3.8) is 0 Å². The standard InChI is InChI=1S/C12H11ClO4/c1-8(4-12(15)16)7-17-11-3-2-9(6-14)5-10(11)13/h2-6H,7H2,1H3,(H,15,16). The van der Waals surface area contributed by atoms with Crippen LogP contribution in [0.4, 0.5) is 0 Å². The molecule has 1 N–H and O–H groups in total. The van der Waals surface area contributed by atoms with Gasteiger partial charge in [0.2, 0.25) is 0 Å². The molecule has 0 fully saturated rings. The summed E-state index contributed by atoms with van der Waals surface area (Å²) in [4.78, 5) is 20.9. The normalized spacial score (nSPS) is 11.1. The van der Waals surface area contributed by atoms with Gasteiger partial charge in [0.15, 0.2) is 0 Å². The number of rotatable bonds is 5. The Kier molecular flexibility index (Phi) is 4.72. The van der Waals surface area contributed by atoms with Crippen LogP contribution in [0.5, 0.6) is 5.75 Å². The molecule has 1 aromatic rings. The number of aldehydes is 1. The second kappa shape index (κ2) is 6.06. The second-order valence-corrected chi connectivity index (χ2v) is 3.83. The molecule has 5 heteroatoms. The zero-order chi connectivity index (χ0) is 12.8. The average molecular weight is 255 g/mol. The van der Waals surface area contributed by atoms with Gasteiger partial charge in [-0.25, -0.2) is 4.79 Å². The Hall–Kier alpha value is -1.81. The van der Waals surface area contributed by atoms with Crippen molar-refractivity contribution >= 4 is 23.9 Å². The molecule has 1 aromatic carbocycles. The summed E-state index contributed by atoms with van der Waals surface area (Å²) in [6.07, 6.45) is 1.75. The van der Waals surface area contributed by atoms with E-state index < -0.39 is 5.97 Å². The molecule has 0 atom stereocenters.